The molecule has 0 saturated heterocycles. The van der Waals surface area contributed by atoms with E-state index in [1.807, 2.05) is 16.8 Å². The SMILES string of the molecule is C[C@H]1c2nc(C(=O)NCc3ccco3)cn2CCN1C(=O)C12CC3CC(CC(C3)C1)C2. The van der Waals surface area contributed by atoms with Gasteiger partial charge in [-0.1, -0.05) is 0 Å². The van der Waals surface area contributed by atoms with Gasteiger partial charge in [-0.25, -0.2) is 4.98 Å². The van der Waals surface area contributed by atoms with E-state index in [-0.39, 0.29) is 17.4 Å². The van der Waals surface area contributed by atoms with Crippen molar-refractivity contribution >= 4 is 11.8 Å². The van der Waals surface area contributed by atoms with Gasteiger partial charge in [0.15, 0.2) is 0 Å². The lowest BCUT2D eigenvalue weighted by Crippen LogP contribution is -2.56. The number of amides is 2. The van der Waals surface area contributed by atoms with Crippen molar-refractivity contribution < 1.29 is 14.0 Å². The van der Waals surface area contributed by atoms with Crippen LogP contribution in [0.1, 0.15) is 73.6 Å². The van der Waals surface area contributed by atoms with Gasteiger partial charge in [0.2, 0.25) is 5.91 Å². The highest BCUT2D eigenvalue weighted by Crippen LogP contribution is 2.61. The molecule has 2 aromatic heterocycles. The van der Waals surface area contributed by atoms with Crippen LogP contribution in [-0.4, -0.2) is 32.8 Å². The molecule has 31 heavy (non-hydrogen) atoms. The molecule has 7 nitrogen and oxygen atoms in total. The summed E-state index contributed by atoms with van der Waals surface area (Å²) >= 11 is 0. The Morgan fingerprint density at radius 1 is 1.16 bits per heavy atom. The van der Waals surface area contributed by atoms with E-state index in [0.29, 0.717) is 37.0 Å². The molecule has 5 aliphatic rings. The number of aromatic nitrogens is 2. The van der Waals surface area contributed by atoms with Gasteiger partial charge in [0.05, 0.1) is 24.3 Å². The number of carbonyl (C=O) groups is 2. The number of nitrogens with zero attached hydrogens (tertiary/aromatic N) is 3. The van der Waals surface area contributed by atoms with Gasteiger partial charge in [-0.15, -0.1) is 0 Å². The van der Waals surface area contributed by atoms with Gasteiger partial charge in [0.25, 0.3) is 5.91 Å². The third-order valence-corrected chi connectivity index (χ3v) is 8.22. The van der Waals surface area contributed by atoms with E-state index in [4.69, 9.17) is 4.42 Å². The molecule has 4 fully saturated rings. The molecular weight excluding hydrogens is 392 g/mol. The van der Waals surface area contributed by atoms with E-state index < -0.39 is 0 Å². The number of imidazole rings is 1. The smallest absolute Gasteiger partial charge is 0.271 e. The summed E-state index contributed by atoms with van der Waals surface area (Å²) in [6, 6.07) is 3.52. The monoisotopic (exact) mass is 422 g/mol. The molecule has 2 aromatic rings. The quantitative estimate of drug-likeness (QED) is 0.817. The van der Waals surface area contributed by atoms with Crippen molar-refractivity contribution in [1.29, 1.82) is 0 Å². The topological polar surface area (TPSA) is 80.4 Å². The van der Waals surface area contributed by atoms with Gasteiger partial charge in [0.1, 0.15) is 17.3 Å². The predicted molar refractivity (Wildman–Crippen MR) is 113 cm³/mol. The minimum Gasteiger partial charge on any atom is -0.467 e. The average Bonchev–Trinajstić information content (AvgIpc) is 3.41. The van der Waals surface area contributed by atoms with Crippen LogP contribution < -0.4 is 5.32 Å². The van der Waals surface area contributed by atoms with Crippen molar-refractivity contribution in [2.45, 2.75) is 64.6 Å². The third kappa shape index (κ3) is 3.12. The first-order valence-electron chi connectivity index (χ1n) is 11.7. The maximum Gasteiger partial charge on any atom is 0.271 e. The van der Waals surface area contributed by atoms with Crippen LogP contribution in [0.25, 0.3) is 0 Å². The number of nitrogens with one attached hydrogen (secondary N) is 1. The summed E-state index contributed by atoms with van der Waals surface area (Å²) in [5.74, 6) is 3.90. The Morgan fingerprint density at radius 2 is 1.87 bits per heavy atom. The predicted octanol–water partition coefficient (Wildman–Crippen LogP) is 3.53. The summed E-state index contributed by atoms with van der Waals surface area (Å²) in [4.78, 5) is 33.1. The molecule has 4 bridgehead atoms. The normalized spacial score (nSPS) is 33.4. The van der Waals surface area contributed by atoms with Crippen molar-refractivity contribution in [1.82, 2.24) is 19.8 Å². The number of furan rings is 1. The van der Waals surface area contributed by atoms with E-state index in [1.54, 1.807) is 12.3 Å². The molecular formula is C24H30N4O3. The second-order valence-corrected chi connectivity index (χ2v) is 10.3. The number of carbonyl (C=O) groups excluding carboxylic acids is 2. The van der Waals surface area contributed by atoms with E-state index >= 15 is 0 Å². The fourth-order valence-electron chi connectivity index (χ4n) is 7.23. The summed E-state index contributed by atoms with van der Waals surface area (Å²) < 4.78 is 7.31. The molecule has 4 aliphatic carbocycles. The van der Waals surface area contributed by atoms with Gasteiger partial charge >= 0.3 is 0 Å². The summed E-state index contributed by atoms with van der Waals surface area (Å²) in [5, 5.41) is 2.86. The van der Waals surface area contributed by atoms with Gasteiger partial charge in [-0.3, -0.25) is 9.59 Å². The van der Waals surface area contributed by atoms with Crippen molar-refractivity contribution in [2.75, 3.05) is 6.54 Å². The summed E-state index contributed by atoms with van der Waals surface area (Å²) in [5.41, 5.74) is 0.263. The Labute approximate surface area is 182 Å². The molecule has 1 atom stereocenters. The highest BCUT2D eigenvalue weighted by molar-refractivity contribution is 5.92. The molecule has 0 aromatic carbocycles. The zero-order chi connectivity index (χ0) is 21.2. The molecule has 2 amide bonds. The lowest BCUT2D eigenvalue weighted by Gasteiger charge is -2.57. The number of hydrogen-bond donors (Lipinski definition) is 1. The van der Waals surface area contributed by atoms with Crippen LogP contribution in [0, 0.1) is 23.2 Å². The largest absolute Gasteiger partial charge is 0.467 e. The van der Waals surface area contributed by atoms with Crippen LogP contribution >= 0.6 is 0 Å². The minimum absolute atomic E-state index is 0.110. The Morgan fingerprint density at radius 3 is 2.52 bits per heavy atom. The average molecular weight is 423 g/mol. The van der Waals surface area contributed by atoms with Crippen molar-refractivity contribution in [2.24, 2.45) is 23.2 Å². The Bertz CT molecular complexity index is 973. The Kier molecular flexibility index (Phi) is 4.30. The molecule has 7 heteroatoms. The van der Waals surface area contributed by atoms with E-state index in [9.17, 15) is 9.59 Å². The van der Waals surface area contributed by atoms with Gasteiger partial charge < -0.3 is 19.2 Å². The lowest BCUT2D eigenvalue weighted by atomic mass is 9.49. The van der Waals surface area contributed by atoms with Crippen molar-refractivity contribution in [3.63, 3.8) is 0 Å². The first-order valence-corrected chi connectivity index (χ1v) is 11.7. The molecule has 3 heterocycles. The molecule has 7 rings (SSSR count). The number of rotatable bonds is 4. The second kappa shape index (κ2) is 6.97. The number of hydrogen-bond acceptors (Lipinski definition) is 4. The maximum atomic E-state index is 13.8. The zero-order valence-electron chi connectivity index (χ0n) is 18.0. The molecule has 4 saturated carbocycles. The first kappa shape index (κ1) is 19.1. The highest BCUT2D eigenvalue weighted by atomic mass is 16.3. The molecule has 1 N–H and O–H groups in total. The van der Waals surface area contributed by atoms with Gasteiger partial charge in [-0.2, -0.15) is 0 Å². The fourth-order valence-corrected chi connectivity index (χ4v) is 7.23. The zero-order valence-corrected chi connectivity index (χ0v) is 18.0. The molecule has 0 spiro atoms. The van der Waals surface area contributed by atoms with Crippen LogP contribution in [0.5, 0.6) is 0 Å². The summed E-state index contributed by atoms with van der Waals surface area (Å²) in [6.07, 6.45) is 10.7. The van der Waals surface area contributed by atoms with E-state index in [1.165, 1.54) is 19.3 Å². The first-order chi connectivity index (χ1) is 15.0. The Balaban J connectivity index is 1.19. The Hall–Kier alpha value is -2.57. The third-order valence-electron chi connectivity index (χ3n) is 8.22. The molecule has 0 radical (unpaired) electrons. The van der Waals surface area contributed by atoms with E-state index in [0.717, 1.165) is 42.8 Å². The van der Waals surface area contributed by atoms with Crippen molar-refractivity contribution in [3.8, 4) is 0 Å². The molecule has 1 aliphatic heterocycles. The maximum absolute atomic E-state index is 13.8. The lowest BCUT2D eigenvalue weighted by molar-refractivity contribution is -0.161. The van der Waals surface area contributed by atoms with Crippen molar-refractivity contribution in [3.05, 3.63) is 41.9 Å². The van der Waals surface area contributed by atoms with E-state index in [2.05, 4.69) is 22.1 Å². The number of fused-ring (bicyclic) bond motifs is 1. The van der Waals surface area contributed by atoms with Crippen LogP contribution in [0.3, 0.4) is 0 Å². The fraction of sp³-hybridized carbons (Fsp3) is 0.625. The van der Waals surface area contributed by atoms with Crippen LogP contribution in [0.15, 0.2) is 29.0 Å². The van der Waals surface area contributed by atoms with Gasteiger partial charge in [-0.05, 0) is 75.3 Å². The standard InChI is InChI=1S/C24H30N4O3/c1-15-21-26-20(22(29)25-13-19-3-2-6-31-19)14-27(21)4-5-28(15)23(30)24-10-16-7-17(11-24)9-18(8-16)12-24/h2-3,6,14-18H,4-5,7-13H2,1H3,(H,25,29)/t15-,16?,17?,18?,24?/m0/s1. The summed E-state index contributed by atoms with van der Waals surface area (Å²) in [6.45, 7) is 3.77. The molecule has 0 unspecified atom stereocenters. The van der Waals surface area contributed by atoms with Crippen LogP contribution in [0.2, 0.25) is 0 Å². The highest BCUT2D eigenvalue weighted by Gasteiger charge is 2.56. The summed E-state index contributed by atoms with van der Waals surface area (Å²) in [7, 11) is 0. The van der Waals surface area contributed by atoms with Crippen LogP contribution in [-0.2, 0) is 17.9 Å². The van der Waals surface area contributed by atoms with Crippen LogP contribution in [0.4, 0.5) is 0 Å². The second-order valence-electron chi connectivity index (χ2n) is 10.3. The molecule has 164 valence electrons. The van der Waals surface area contributed by atoms with Gasteiger partial charge in [0, 0.05) is 19.3 Å². The minimum atomic E-state index is -0.218.